The molecule has 0 saturated heterocycles. The lowest BCUT2D eigenvalue weighted by atomic mass is 9.86. The Morgan fingerprint density at radius 2 is 1.72 bits per heavy atom. The molecule has 32 heavy (non-hydrogen) atoms. The van der Waals surface area contributed by atoms with Crippen LogP contribution in [-0.2, 0) is 6.54 Å². The van der Waals surface area contributed by atoms with Crippen molar-refractivity contribution in [2.24, 2.45) is 5.92 Å². The zero-order valence-electron chi connectivity index (χ0n) is 19.5. The van der Waals surface area contributed by atoms with Crippen LogP contribution in [0.3, 0.4) is 0 Å². The topological polar surface area (TPSA) is 62.3 Å². The molecule has 2 N–H and O–H groups in total. The number of para-hydroxylation sites is 2. The third-order valence-corrected chi connectivity index (χ3v) is 6.21. The highest BCUT2D eigenvalue weighted by Crippen LogP contribution is 2.28. The Labute approximate surface area is 191 Å². The minimum Gasteiger partial charge on any atom is -0.494 e. The van der Waals surface area contributed by atoms with Gasteiger partial charge in [-0.05, 0) is 63.3 Å². The van der Waals surface area contributed by atoms with Crippen molar-refractivity contribution in [3.05, 3.63) is 54.1 Å². The van der Waals surface area contributed by atoms with Crippen molar-refractivity contribution in [1.82, 2.24) is 15.3 Å². The number of anilines is 2. The van der Waals surface area contributed by atoms with Crippen LogP contribution < -0.4 is 20.3 Å². The van der Waals surface area contributed by atoms with Gasteiger partial charge in [0.15, 0.2) is 0 Å². The van der Waals surface area contributed by atoms with E-state index < -0.39 is 0 Å². The van der Waals surface area contributed by atoms with E-state index in [9.17, 15) is 0 Å². The summed E-state index contributed by atoms with van der Waals surface area (Å²) in [7, 11) is 4.06. The summed E-state index contributed by atoms with van der Waals surface area (Å²) < 4.78 is 5.74. The molecule has 0 spiro atoms. The van der Waals surface area contributed by atoms with Gasteiger partial charge in [0, 0.05) is 37.6 Å². The Morgan fingerprint density at radius 1 is 0.969 bits per heavy atom. The van der Waals surface area contributed by atoms with Crippen molar-refractivity contribution in [3.8, 4) is 5.75 Å². The van der Waals surface area contributed by atoms with Crippen LogP contribution in [-0.4, -0.2) is 43.3 Å². The van der Waals surface area contributed by atoms with Crippen LogP contribution >= 0.6 is 0 Å². The first kappa shape index (κ1) is 22.3. The van der Waals surface area contributed by atoms with Crippen molar-refractivity contribution < 1.29 is 4.74 Å². The molecule has 0 radical (unpaired) electrons. The van der Waals surface area contributed by atoms with E-state index in [4.69, 9.17) is 14.7 Å². The summed E-state index contributed by atoms with van der Waals surface area (Å²) in [5, 5.41) is 8.34. The zero-order chi connectivity index (χ0) is 22.3. The van der Waals surface area contributed by atoms with Gasteiger partial charge in [-0.1, -0.05) is 30.3 Å². The molecule has 3 aromatic rings. The number of benzene rings is 2. The lowest BCUT2D eigenvalue weighted by molar-refractivity contribution is 0.318. The molecule has 1 aromatic heterocycles. The van der Waals surface area contributed by atoms with Gasteiger partial charge >= 0.3 is 0 Å². The Morgan fingerprint density at radius 3 is 2.50 bits per heavy atom. The highest BCUT2D eigenvalue weighted by atomic mass is 16.5. The predicted molar refractivity (Wildman–Crippen MR) is 133 cm³/mol. The highest BCUT2D eigenvalue weighted by molar-refractivity contribution is 5.90. The van der Waals surface area contributed by atoms with E-state index in [1.807, 2.05) is 45.3 Å². The number of fused-ring (bicyclic) bond motifs is 1. The molecule has 1 aliphatic carbocycles. The van der Waals surface area contributed by atoms with Crippen molar-refractivity contribution in [3.63, 3.8) is 0 Å². The third-order valence-electron chi connectivity index (χ3n) is 6.21. The molecular weight excluding hydrogens is 398 g/mol. The van der Waals surface area contributed by atoms with Crippen LogP contribution in [0, 0.1) is 5.92 Å². The average Bonchev–Trinajstić information content (AvgIpc) is 2.81. The number of hydrogen-bond donors (Lipinski definition) is 2. The van der Waals surface area contributed by atoms with Crippen molar-refractivity contribution in [1.29, 1.82) is 0 Å². The Hall–Kier alpha value is -2.86. The van der Waals surface area contributed by atoms with Gasteiger partial charge in [-0.25, -0.2) is 4.98 Å². The maximum Gasteiger partial charge on any atom is 0.225 e. The second-order valence-corrected chi connectivity index (χ2v) is 8.82. The maximum absolute atomic E-state index is 5.74. The van der Waals surface area contributed by atoms with E-state index in [1.165, 1.54) is 18.4 Å². The van der Waals surface area contributed by atoms with Crippen molar-refractivity contribution in [2.75, 3.05) is 37.5 Å². The first-order chi connectivity index (χ1) is 15.6. The molecule has 0 bridgehead atoms. The quantitative estimate of drug-likeness (QED) is 0.503. The summed E-state index contributed by atoms with van der Waals surface area (Å²) in [6, 6.07) is 16.9. The molecule has 0 atom stereocenters. The van der Waals surface area contributed by atoms with Crippen LogP contribution in [0.2, 0.25) is 0 Å². The highest BCUT2D eigenvalue weighted by Gasteiger charge is 2.22. The third kappa shape index (κ3) is 5.49. The van der Waals surface area contributed by atoms with Gasteiger partial charge in [0.25, 0.3) is 0 Å². The second-order valence-electron chi connectivity index (χ2n) is 8.82. The first-order valence-electron chi connectivity index (χ1n) is 11.8. The summed E-state index contributed by atoms with van der Waals surface area (Å²) in [6.07, 6.45) is 4.72. The molecule has 6 nitrogen and oxygen atoms in total. The molecule has 170 valence electrons. The Bertz CT molecular complexity index is 1010. The number of nitrogens with zero attached hydrogens (tertiary/aromatic N) is 3. The fraction of sp³-hybridized carbons (Fsp3) is 0.462. The molecule has 0 unspecified atom stereocenters. The minimum absolute atomic E-state index is 0.432. The molecule has 6 heteroatoms. The summed E-state index contributed by atoms with van der Waals surface area (Å²) in [4.78, 5) is 11.6. The second kappa shape index (κ2) is 10.6. The van der Waals surface area contributed by atoms with Crippen LogP contribution in [0.4, 0.5) is 11.8 Å². The maximum atomic E-state index is 5.74. The summed E-state index contributed by atoms with van der Waals surface area (Å²) >= 11 is 0. The summed E-state index contributed by atoms with van der Waals surface area (Å²) in [5.41, 5.74) is 2.22. The smallest absolute Gasteiger partial charge is 0.225 e. The van der Waals surface area contributed by atoms with Gasteiger partial charge < -0.3 is 20.3 Å². The predicted octanol–water partition coefficient (Wildman–Crippen LogP) is 4.86. The summed E-state index contributed by atoms with van der Waals surface area (Å²) in [6.45, 7) is 4.63. The van der Waals surface area contributed by atoms with Crippen molar-refractivity contribution >= 4 is 22.7 Å². The van der Waals surface area contributed by atoms with Crippen LogP contribution in [0.1, 0.15) is 38.2 Å². The van der Waals surface area contributed by atoms with Gasteiger partial charge in [-0.15, -0.1) is 0 Å². The number of ether oxygens (including phenoxy) is 1. The van der Waals surface area contributed by atoms with Crippen molar-refractivity contribution in [2.45, 2.75) is 45.2 Å². The van der Waals surface area contributed by atoms with Gasteiger partial charge in [0.2, 0.25) is 5.95 Å². The molecule has 1 fully saturated rings. The van der Waals surface area contributed by atoms with Crippen LogP contribution in [0.15, 0.2) is 48.5 Å². The largest absolute Gasteiger partial charge is 0.494 e. The summed E-state index contributed by atoms with van der Waals surface area (Å²) in [5.74, 6) is 3.40. The Kier molecular flexibility index (Phi) is 7.43. The van der Waals surface area contributed by atoms with Gasteiger partial charge in [0.05, 0.1) is 12.1 Å². The molecule has 1 saturated carbocycles. The van der Waals surface area contributed by atoms with Crippen LogP contribution in [0.25, 0.3) is 10.9 Å². The number of hydrogen-bond acceptors (Lipinski definition) is 6. The molecule has 2 aromatic carbocycles. The zero-order valence-corrected chi connectivity index (χ0v) is 19.5. The van der Waals surface area contributed by atoms with E-state index >= 15 is 0 Å². The van der Waals surface area contributed by atoms with Gasteiger partial charge in [-0.3, -0.25) is 0 Å². The van der Waals surface area contributed by atoms with E-state index in [0.717, 1.165) is 54.3 Å². The van der Waals surface area contributed by atoms with E-state index in [-0.39, 0.29) is 0 Å². The molecule has 1 aliphatic rings. The molecular formula is C26H35N5O. The fourth-order valence-electron chi connectivity index (χ4n) is 4.52. The lowest BCUT2D eigenvalue weighted by Crippen LogP contribution is -2.31. The first-order valence-corrected chi connectivity index (χ1v) is 11.8. The Balaban J connectivity index is 1.28. The molecule has 4 rings (SSSR count). The number of nitrogens with one attached hydrogen (secondary N) is 2. The van der Waals surface area contributed by atoms with Crippen LogP contribution in [0.5, 0.6) is 5.75 Å². The lowest BCUT2D eigenvalue weighted by Gasteiger charge is -2.29. The minimum atomic E-state index is 0.432. The number of aromatic nitrogens is 2. The van der Waals surface area contributed by atoms with Gasteiger partial charge in [0.1, 0.15) is 11.6 Å². The normalized spacial score (nSPS) is 18.5. The monoisotopic (exact) mass is 433 g/mol. The van der Waals surface area contributed by atoms with E-state index in [0.29, 0.717) is 18.6 Å². The average molecular weight is 434 g/mol. The van der Waals surface area contributed by atoms with E-state index in [1.54, 1.807) is 0 Å². The molecule has 0 amide bonds. The number of rotatable bonds is 9. The molecule has 1 heterocycles. The molecule has 0 aliphatic heterocycles. The standard InChI is InChI=1S/C26H35N5O/c1-4-32-24-12-8-5-9-20(24)18-27-17-19-13-15-21(16-14-19)28-26-29-23-11-7-6-10-22(23)25(30-26)31(2)3/h5-12,19,21,27H,4,13-18H2,1-3H3,(H,28,29,30). The van der Waals surface area contributed by atoms with E-state index in [2.05, 4.69) is 39.8 Å². The van der Waals surface area contributed by atoms with Gasteiger partial charge in [-0.2, -0.15) is 4.98 Å². The SMILES string of the molecule is CCOc1ccccc1CNCC1CCC(Nc2nc(N(C)C)c3ccccc3n2)CC1. The fourth-order valence-corrected chi connectivity index (χ4v) is 4.52.